The number of aromatic amines is 1. The van der Waals surface area contributed by atoms with Crippen LogP contribution in [-0.2, 0) is 9.59 Å². The van der Waals surface area contributed by atoms with E-state index in [-0.39, 0.29) is 17.7 Å². The first kappa shape index (κ1) is 15.2. The molecule has 0 saturated carbocycles. The molecular formula is C16H19N5O2. The number of carbonyl (C=O) groups is 2. The summed E-state index contributed by atoms with van der Waals surface area (Å²) < 4.78 is 0. The van der Waals surface area contributed by atoms with E-state index >= 15 is 0 Å². The Hall–Kier alpha value is -2.70. The average molecular weight is 313 g/mol. The molecule has 23 heavy (non-hydrogen) atoms. The van der Waals surface area contributed by atoms with Gasteiger partial charge in [-0.1, -0.05) is 0 Å². The quantitative estimate of drug-likeness (QED) is 0.901. The summed E-state index contributed by atoms with van der Waals surface area (Å²) >= 11 is 0. The van der Waals surface area contributed by atoms with Crippen molar-refractivity contribution in [3.05, 3.63) is 30.6 Å². The summed E-state index contributed by atoms with van der Waals surface area (Å²) in [6, 6.07) is 5.52. The third-order valence-electron chi connectivity index (χ3n) is 4.06. The topological polar surface area (TPSA) is 91.0 Å². The van der Waals surface area contributed by atoms with Crippen molar-refractivity contribution < 1.29 is 9.59 Å². The summed E-state index contributed by atoms with van der Waals surface area (Å²) in [6.07, 6.45) is 5.04. The molecule has 0 bridgehead atoms. The smallest absolute Gasteiger partial charge is 0.230 e. The lowest BCUT2D eigenvalue weighted by Crippen LogP contribution is -2.42. The van der Waals surface area contributed by atoms with Crippen molar-refractivity contribution in [2.75, 3.05) is 18.4 Å². The van der Waals surface area contributed by atoms with Crippen molar-refractivity contribution in [2.24, 2.45) is 5.92 Å². The highest BCUT2D eigenvalue weighted by Crippen LogP contribution is 2.21. The largest absolute Gasteiger partial charge is 0.342 e. The second kappa shape index (κ2) is 6.60. The van der Waals surface area contributed by atoms with E-state index in [1.807, 2.05) is 12.1 Å². The Balaban J connectivity index is 1.64. The van der Waals surface area contributed by atoms with Gasteiger partial charge in [0.25, 0.3) is 0 Å². The van der Waals surface area contributed by atoms with Crippen LogP contribution in [0, 0.1) is 5.92 Å². The van der Waals surface area contributed by atoms with Gasteiger partial charge in [0.1, 0.15) is 0 Å². The molecule has 0 unspecified atom stereocenters. The highest BCUT2D eigenvalue weighted by molar-refractivity contribution is 5.92. The number of hydrogen-bond donors (Lipinski definition) is 2. The molecule has 7 heteroatoms. The standard InChI is InChI=1S/C16H19N5O2/c1-11(22)21-8-2-3-13(10-21)16(23)18-15-9-14(19-20-15)12-4-6-17-7-5-12/h4-7,9,13H,2-3,8,10H2,1H3,(H2,18,19,20,23)/t13-/m0/s1. The maximum atomic E-state index is 12.4. The van der Waals surface area contributed by atoms with Crippen molar-refractivity contribution in [1.29, 1.82) is 0 Å². The molecule has 3 rings (SSSR count). The number of anilines is 1. The molecule has 7 nitrogen and oxygen atoms in total. The summed E-state index contributed by atoms with van der Waals surface area (Å²) in [5.74, 6) is 0.224. The Morgan fingerprint density at radius 3 is 2.87 bits per heavy atom. The average Bonchev–Trinajstić information content (AvgIpc) is 3.04. The zero-order chi connectivity index (χ0) is 16.2. The number of piperidine rings is 1. The van der Waals surface area contributed by atoms with E-state index in [1.165, 1.54) is 6.92 Å². The number of H-pyrrole nitrogens is 1. The van der Waals surface area contributed by atoms with E-state index in [0.29, 0.717) is 12.4 Å². The van der Waals surface area contributed by atoms with Gasteiger partial charge < -0.3 is 10.2 Å². The first-order valence-corrected chi connectivity index (χ1v) is 7.65. The van der Waals surface area contributed by atoms with Crippen LogP contribution in [0.3, 0.4) is 0 Å². The Labute approximate surface area is 134 Å². The Kier molecular flexibility index (Phi) is 4.36. The van der Waals surface area contributed by atoms with E-state index in [1.54, 1.807) is 23.4 Å². The number of likely N-dealkylation sites (tertiary alicyclic amines) is 1. The Morgan fingerprint density at radius 2 is 2.13 bits per heavy atom. The van der Waals surface area contributed by atoms with Gasteiger partial charge in [-0.2, -0.15) is 5.10 Å². The van der Waals surface area contributed by atoms with Gasteiger partial charge in [-0.05, 0) is 25.0 Å². The van der Waals surface area contributed by atoms with Crippen LogP contribution in [0.4, 0.5) is 5.82 Å². The molecule has 0 spiro atoms. The first-order chi connectivity index (χ1) is 11.1. The van der Waals surface area contributed by atoms with Crippen LogP contribution < -0.4 is 5.32 Å². The lowest BCUT2D eigenvalue weighted by molar-refractivity contribution is -0.132. The predicted octanol–water partition coefficient (Wildman–Crippen LogP) is 1.67. The molecule has 0 radical (unpaired) electrons. The van der Waals surface area contributed by atoms with Gasteiger partial charge >= 0.3 is 0 Å². The third kappa shape index (κ3) is 3.56. The van der Waals surface area contributed by atoms with Crippen LogP contribution in [0.15, 0.2) is 30.6 Å². The fourth-order valence-electron chi connectivity index (χ4n) is 2.77. The Bertz CT molecular complexity index is 698. The summed E-state index contributed by atoms with van der Waals surface area (Å²) in [5.41, 5.74) is 1.77. The second-order valence-corrected chi connectivity index (χ2v) is 5.70. The van der Waals surface area contributed by atoms with Gasteiger partial charge in [-0.25, -0.2) is 0 Å². The highest BCUT2D eigenvalue weighted by atomic mass is 16.2. The van der Waals surface area contributed by atoms with Crippen molar-refractivity contribution in [1.82, 2.24) is 20.1 Å². The van der Waals surface area contributed by atoms with Crippen LogP contribution in [0.2, 0.25) is 0 Å². The zero-order valence-corrected chi connectivity index (χ0v) is 13.0. The number of nitrogens with zero attached hydrogens (tertiary/aromatic N) is 3. The monoisotopic (exact) mass is 313 g/mol. The molecule has 1 aliphatic heterocycles. The van der Waals surface area contributed by atoms with Gasteiger partial charge in [0, 0.05) is 44.0 Å². The van der Waals surface area contributed by atoms with Crippen LogP contribution >= 0.6 is 0 Å². The fourth-order valence-corrected chi connectivity index (χ4v) is 2.77. The summed E-state index contributed by atoms with van der Waals surface area (Å²) in [7, 11) is 0. The minimum Gasteiger partial charge on any atom is -0.342 e. The maximum absolute atomic E-state index is 12.4. The molecule has 0 aliphatic carbocycles. The molecule has 1 saturated heterocycles. The normalized spacial score (nSPS) is 17.8. The fraction of sp³-hybridized carbons (Fsp3) is 0.375. The van der Waals surface area contributed by atoms with Crippen LogP contribution in [0.1, 0.15) is 19.8 Å². The number of amides is 2. The van der Waals surface area contributed by atoms with E-state index in [9.17, 15) is 9.59 Å². The van der Waals surface area contributed by atoms with Crippen molar-refractivity contribution >= 4 is 17.6 Å². The molecule has 1 fully saturated rings. The molecule has 1 atom stereocenters. The van der Waals surface area contributed by atoms with Gasteiger partial charge in [-0.3, -0.25) is 19.7 Å². The second-order valence-electron chi connectivity index (χ2n) is 5.70. The molecule has 0 aromatic carbocycles. The van der Waals surface area contributed by atoms with E-state index < -0.39 is 0 Å². The summed E-state index contributed by atoms with van der Waals surface area (Å²) in [6.45, 7) is 2.74. The summed E-state index contributed by atoms with van der Waals surface area (Å²) in [5, 5.41) is 9.85. The lowest BCUT2D eigenvalue weighted by atomic mass is 9.97. The molecule has 2 aromatic rings. The Morgan fingerprint density at radius 1 is 1.35 bits per heavy atom. The van der Waals surface area contributed by atoms with E-state index in [2.05, 4.69) is 20.5 Å². The maximum Gasteiger partial charge on any atom is 0.230 e. The zero-order valence-electron chi connectivity index (χ0n) is 13.0. The first-order valence-electron chi connectivity index (χ1n) is 7.65. The molecular weight excluding hydrogens is 294 g/mol. The highest BCUT2D eigenvalue weighted by Gasteiger charge is 2.27. The van der Waals surface area contributed by atoms with Crippen molar-refractivity contribution in [3.63, 3.8) is 0 Å². The molecule has 1 aliphatic rings. The van der Waals surface area contributed by atoms with Crippen LogP contribution in [0.5, 0.6) is 0 Å². The number of hydrogen-bond acceptors (Lipinski definition) is 4. The minimum absolute atomic E-state index is 0.0160. The third-order valence-corrected chi connectivity index (χ3v) is 4.06. The molecule has 2 amide bonds. The summed E-state index contributed by atoms with van der Waals surface area (Å²) in [4.78, 5) is 29.5. The van der Waals surface area contributed by atoms with Gasteiger partial charge in [0.15, 0.2) is 5.82 Å². The SMILES string of the molecule is CC(=O)N1CCC[C@H](C(=O)Nc2cc(-c3ccncc3)[nH]n2)C1. The predicted molar refractivity (Wildman–Crippen MR) is 85.4 cm³/mol. The number of carbonyl (C=O) groups excluding carboxylic acids is 2. The minimum atomic E-state index is -0.186. The number of rotatable bonds is 3. The molecule has 120 valence electrons. The van der Waals surface area contributed by atoms with Gasteiger partial charge in [0.05, 0.1) is 11.6 Å². The van der Waals surface area contributed by atoms with Gasteiger partial charge in [0.2, 0.25) is 11.8 Å². The lowest BCUT2D eigenvalue weighted by Gasteiger charge is -2.31. The van der Waals surface area contributed by atoms with Gasteiger partial charge in [-0.15, -0.1) is 0 Å². The molecule has 2 aromatic heterocycles. The van der Waals surface area contributed by atoms with E-state index in [0.717, 1.165) is 30.6 Å². The number of aromatic nitrogens is 3. The van der Waals surface area contributed by atoms with Crippen molar-refractivity contribution in [2.45, 2.75) is 19.8 Å². The molecule has 2 N–H and O–H groups in total. The molecule has 3 heterocycles. The van der Waals surface area contributed by atoms with Crippen LogP contribution in [-0.4, -0.2) is 45.0 Å². The van der Waals surface area contributed by atoms with Crippen molar-refractivity contribution in [3.8, 4) is 11.3 Å². The van der Waals surface area contributed by atoms with Crippen LogP contribution in [0.25, 0.3) is 11.3 Å². The van der Waals surface area contributed by atoms with E-state index in [4.69, 9.17) is 0 Å². The number of pyridine rings is 1. The number of nitrogens with one attached hydrogen (secondary N) is 2.